The third-order valence-electron chi connectivity index (χ3n) is 2.81. The molecule has 0 unspecified atom stereocenters. The third-order valence-corrected chi connectivity index (χ3v) is 3.75. The van der Waals surface area contributed by atoms with Crippen molar-refractivity contribution >= 4 is 17.7 Å². The monoisotopic (exact) mass is 306 g/mol. The molecule has 0 atom stereocenters. The summed E-state index contributed by atoms with van der Waals surface area (Å²) in [5.74, 6) is -0.704. The van der Waals surface area contributed by atoms with Crippen LogP contribution in [0.15, 0.2) is 41.3 Å². The van der Waals surface area contributed by atoms with E-state index >= 15 is 0 Å². The smallest absolute Gasteiger partial charge is 0.340 e. The molecule has 0 aliphatic heterocycles. The molecular weight excluding hydrogens is 291 g/mol. The quantitative estimate of drug-likeness (QED) is 0.811. The number of ether oxygens (including phenoxy) is 1. The second kappa shape index (κ2) is 6.63. The Morgan fingerprint density at radius 3 is 2.71 bits per heavy atom. The van der Waals surface area contributed by atoms with Gasteiger partial charge in [-0.1, -0.05) is 19.1 Å². The average molecular weight is 306 g/mol. The largest absolute Gasteiger partial charge is 0.478 e. The van der Waals surface area contributed by atoms with E-state index < -0.39 is 11.8 Å². The van der Waals surface area contributed by atoms with Gasteiger partial charge in [-0.3, -0.25) is 0 Å². The van der Waals surface area contributed by atoms with E-state index in [0.717, 1.165) is 11.3 Å². The van der Waals surface area contributed by atoms with Crippen LogP contribution in [0.1, 0.15) is 22.8 Å². The van der Waals surface area contributed by atoms with Crippen molar-refractivity contribution in [2.75, 3.05) is 5.75 Å². The maximum Gasteiger partial charge on any atom is 0.340 e. The zero-order valence-corrected chi connectivity index (χ0v) is 12.5. The van der Waals surface area contributed by atoms with Gasteiger partial charge in [0, 0.05) is 4.90 Å². The van der Waals surface area contributed by atoms with E-state index in [2.05, 4.69) is 0 Å². The molecule has 0 aliphatic carbocycles. The molecule has 0 aliphatic rings. The molecular formula is C16H15FO3S. The molecule has 0 amide bonds. The minimum Gasteiger partial charge on any atom is -0.478 e. The van der Waals surface area contributed by atoms with E-state index in [-0.39, 0.29) is 17.1 Å². The van der Waals surface area contributed by atoms with Crippen LogP contribution in [0, 0.1) is 12.7 Å². The number of benzene rings is 2. The highest BCUT2D eigenvalue weighted by Crippen LogP contribution is 2.34. The zero-order chi connectivity index (χ0) is 15.4. The second-order valence-corrected chi connectivity index (χ2v) is 5.71. The van der Waals surface area contributed by atoms with Crippen LogP contribution < -0.4 is 4.74 Å². The number of halogens is 1. The van der Waals surface area contributed by atoms with Crippen LogP contribution in [0.2, 0.25) is 0 Å². The number of hydrogen-bond acceptors (Lipinski definition) is 3. The topological polar surface area (TPSA) is 46.5 Å². The van der Waals surface area contributed by atoms with Crippen molar-refractivity contribution in [3.8, 4) is 11.5 Å². The van der Waals surface area contributed by atoms with Gasteiger partial charge in [0.1, 0.15) is 11.3 Å². The highest BCUT2D eigenvalue weighted by molar-refractivity contribution is 7.99. The van der Waals surface area contributed by atoms with Gasteiger partial charge < -0.3 is 9.84 Å². The number of aromatic carboxylic acids is 1. The minimum absolute atomic E-state index is 0.0242. The molecule has 5 heteroatoms. The molecule has 0 saturated heterocycles. The van der Waals surface area contributed by atoms with Crippen LogP contribution in [0.4, 0.5) is 4.39 Å². The highest BCUT2D eigenvalue weighted by Gasteiger charge is 2.18. The summed E-state index contributed by atoms with van der Waals surface area (Å²) in [5, 5.41) is 9.39. The maximum atomic E-state index is 13.8. The molecule has 0 fully saturated rings. The lowest BCUT2D eigenvalue weighted by atomic mass is 10.2. The summed E-state index contributed by atoms with van der Waals surface area (Å²) in [6.07, 6.45) is 0. The number of aryl methyl sites for hydroxylation is 1. The van der Waals surface area contributed by atoms with E-state index in [1.54, 1.807) is 24.3 Å². The number of carboxylic acids is 1. The summed E-state index contributed by atoms with van der Waals surface area (Å²) in [6.45, 7) is 3.75. The molecule has 1 N–H and O–H groups in total. The minimum atomic E-state index is -1.09. The van der Waals surface area contributed by atoms with E-state index in [1.807, 2.05) is 13.8 Å². The number of carbonyl (C=O) groups is 1. The van der Waals surface area contributed by atoms with Crippen molar-refractivity contribution in [2.45, 2.75) is 18.7 Å². The molecule has 0 aromatic heterocycles. The molecule has 0 bridgehead atoms. The molecule has 2 rings (SSSR count). The Labute approximate surface area is 126 Å². The Kier molecular flexibility index (Phi) is 4.85. The summed E-state index contributed by atoms with van der Waals surface area (Å²) in [4.78, 5) is 12.1. The lowest BCUT2D eigenvalue weighted by molar-refractivity contribution is 0.0690. The van der Waals surface area contributed by atoms with E-state index in [4.69, 9.17) is 4.74 Å². The van der Waals surface area contributed by atoms with Crippen molar-refractivity contribution in [3.05, 3.63) is 53.3 Å². The molecule has 21 heavy (non-hydrogen) atoms. The first-order chi connectivity index (χ1) is 10.0. The fourth-order valence-electron chi connectivity index (χ4n) is 1.89. The van der Waals surface area contributed by atoms with Gasteiger partial charge in [0.15, 0.2) is 11.6 Å². The highest BCUT2D eigenvalue weighted by atomic mass is 32.2. The predicted molar refractivity (Wildman–Crippen MR) is 81.0 cm³/mol. The maximum absolute atomic E-state index is 13.8. The molecule has 2 aromatic carbocycles. The summed E-state index contributed by atoms with van der Waals surface area (Å²) in [6, 6.07) is 9.43. The van der Waals surface area contributed by atoms with Crippen LogP contribution >= 0.6 is 11.8 Å². The molecule has 3 nitrogen and oxygen atoms in total. The Morgan fingerprint density at radius 1 is 1.29 bits per heavy atom. The van der Waals surface area contributed by atoms with Crippen LogP contribution in [0.3, 0.4) is 0 Å². The van der Waals surface area contributed by atoms with E-state index in [1.165, 1.54) is 23.9 Å². The number of thioether (sulfide) groups is 1. The average Bonchev–Trinajstić information content (AvgIpc) is 2.43. The zero-order valence-electron chi connectivity index (χ0n) is 11.7. The SMILES string of the molecule is CCSc1cccc(Oc2cc(C)ccc2F)c1C(=O)O. The molecule has 2 aromatic rings. The van der Waals surface area contributed by atoms with Gasteiger partial charge in [0.05, 0.1) is 0 Å². The van der Waals surface area contributed by atoms with Crippen molar-refractivity contribution in [2.24, 2.45) is 0 Å². The van der Waals surface area contributed by atoms with E-state index in [0.29, 0.717) is 4.90 Å². The summed E-state index contributed by atoms with van der Waals surface area (Å²) in [5.41, 5.74) is 0.896. The lowest BCUT2D eigenvalue weighted by Crippen LogP contribution is -2.03. The Hall–Kier alpha value is -2.01. The van der Waals surface area contributed by atoms with Crippen molar-refractivity contribution in [3.63, 3.8) is 0 Å². The fourth-order valence-corrected chi connectivity index (χ4v) is 2.71. The van der Waals surface area contributed by atoms with Gasteiger partial charge in [-0.05, 0) is 42.5 Å². The van der Waals surface area contributed by atoms with Crippen molar-refractivity contribution < 1.29 is 19.0 Å². The summed E-state index contributed by atoms with van der Waals surface area (Å²) in [7, 11) is 0. The summed E-state index contributed by atoms with van der Waals surface area (Å²) < 4.78 is 19.3. The number of hydrogen-bond donors (Lipinski definition) is 1. The van der Waals surface area contributed by atoms with Gasteiger partial charge in [0.25, 0.3) is 0 Å². The first kappa shape index (κ1) is 15.4. The molecule has 0 heterocycles. The Balaban J connectivity index is 2.46. The van der Waals surface area contributed by atoms with Gasteiger partial charge in [-0.25, -0.2) is 9.18 Å². The first-order valence-electron chi connectivity index (χ1n) is 6.46. The fraction of sp³-hybridized carbons (Fsp3) is 0.188. The number of rotatable bonds is 5. The van der Waals surface area contributed by atoms with Crippen LogP contribution in [-0.4, -0.2) is 16.8 Å². The van der Waals surface area contributed by atoms with Crippen molar-refractivity contribution in [1.29, 1.82) is 0 Å². The first-order valence-corrected chi connectivity index (χ1v) is 7.44. The predicted octanol–water partition coefficient (Wildman–Crippen LogP) is 4.74. The third kappa shape index (κ3) is 3.55. The van der Waals surface area contributed by atoms with Gasteiger partial charge >= 0.3 is 5.97 Å². The van der Waals surface area contributed by atoms with Crippen LogP contribution in [0.5, 0.6) is 11.5 Å². The Bertz CT molecular complexity index is 671. The Morgan fingerprint density at radius 2 is 2.05 bits per heavy atom. The standard InChI is InChI=1S/C16H15FO3S/c1-3-21-14-6-4-5-12(15(14)16(18)19)20-13-9-10(2)7-8-11(13)17/h4-9H,3H2,1-2H3,(H,18,19). The van der Waals surface area contributed by atoms with Crippen LogP contribution in [-0.2, 0) is 0 Å². The van der Waals surface area contributed by atoms with Crippen LogP contribution in [0.25, 0.3) is 0 Å². The summed E-state index contributed by atoms with van der Waals surface area (Å²) >= 11 is 1.41. The van der Waals surface area contributed by atoms with Gasteiger partial charge in [0.2, 0.25) is 0 Å². The van der Waals surface area contributed by atoms with Gasteiger partial charge in [-0.15, -0.1) is 11.8 Å². The lowest BCUT2D eigenvalue weighted by Gasteiger charge is -2.12. The number of carboxylic acid groups (broad SMARTS) is 1. The second-order valence-electron chi connectivity index (χ2n) is 4.40. The molecule has 0 saturated carbocycles. The molecule has 110 valence electrons. The van der Waals surface area contributed by atoms with Gasteiger partial charge in [-0.2, -0.15) is 0 Å². The van der Waals surface area contributed by atoms with Crippen molar-refractivity contribution in [1.82, 2.24) is 0 Å². The molecule has 0 radical (unpaired) electrons. The normalized spacial score (nSPS) is 10.4. The van der Waals surface area contributed by atoms with E-state index in [9.17, 15) is 14.3 Å². The molecule has 0 spiro atoms.